The second kappa shape index (κ2) is 8.06. The maximum absolute atomic E-state index is 5.70. The van der Waals surface area contributed by atoms with Gasteiger partial charge in [0.15, 0.2) is 0 Å². The van der Waals surface area contributed by atoms with E-state index in [-0.39, 0.29) is 0 Å². The predicted molar refractivity (Wildman–Crippen MR) is 78.7 cm³/mol. The van der Waals surface area contributed by atoms with E-state index in [0.29, 0.717) is 11.8 Å². The first-order valence-electron chi connectivity index (χ1n) is 7.19. The van der Waals surface area contributed by atoms with Gasteiger partial charge in [0, 0.05) is 6.42 Å². The van der Waals surface area contributed by atoms with Crippen molar-refractivity contribution in [3.05, 3.63) is 11.6 Å². The second-order valence-electron chi connectivity index (χ2n) is 4.65. The largest absolute Gasteiger partial charge is 0.420 e. The molecular formula is C13H21N5OS. The van der Waals surface area contributed by atoms with Gasteiger partial charge < -0.3 is 9.73 Å². The minimum absolute atomic E-state index is 0.556. The third-order valence-corrected chi connectivity index (χ3v) is 3.63. The monoisotopic (exact) mass is 295 g/mol. The van der Waals surface area contributed by atoms with Crippen LogP contribution in [0, 0.1) is 0 Å². The molecule has 0 fully saturated rings. The Bertz CT molecular complexity index is 510. The maximum atomic E-state index is 5.70. The highest BCUT2D eigenvalue weighted by Gasteiger charge is 2.16. The molecule has 0 aliphatic carbocycles. The summed E-state index contributed by atoms with van der Waals surface area (Å²) in [7, 11) is 0. The van der Waals surface area contributed by atoms with Crippen molar-refractivity contribution >= 4 is 11.5 Å². The number of rotatable bonds is 9. The van der Waals surface area contributed by atoms with Crippen LogP contribution < -0.4 is 5.32 Å². The third-order valence-electron chi connectivity index (χ3n) is 2.87. The Hall–Kier alpha value is -1.34. The van der Waals surface area contributed by atoms with Gasteiger partial charge in [-0.2, -0.15) is 0 Å². The molecule has 0 atom stereocenters. The van der Waals surface area contributed by atoms with Crippen LogP contribution in [0.25, 0.3) is 10.8 Å². The molecule has 0 radical (unpaired) electrons. The summed E-state index contributed by atoms with van der Waals surface area (Å²) in [5.41, 5.74) is 0.956. The van der Waals surface area contributed by atoms with E-state index in [1.54, 1.807) is 0 Å². The first kappa shape index (κ1) is 15.1. The van der Waals surface area contributed by atoms with E-state index in [1.807, 2.05) is 0 Å². The smallest absolute Gasteiger partial charge is 0.261 e. The lowest BCUT2D eigenvalue weighted by Gasteiger charge is -1.99. The van der Waals surface area contributed by atoms with E-state index in [1.165, 1.54) is 11.5 Å². The van der Waals surface area contributed by atoms with Gasteiger partial charge in [-0.3, -0.25) is 0 Å². The van der Waals surface area contributed by atoms with Crippen molar-refractivity contribution in [3.8, 4) is 10.8 Å². The predicted octanol–water partition coefficient (Wildman–Crippen LogP) is 2.47. The minimum atomic E-state index is 0.556. The SMILES string of the molecule is CCCNCCCc1nnc(-c2snnc2CCC)o1. The summed E-state index contributed by atoms with van der Waals surface area (Å²) < 4.78 is 9.68. The molecule has 2 aromatic rings. The van der Waals surface area contributed by atoms with Crippen LogP contribution in [0.1, 0.15) is 44.7 Å². The molecule has 2 rings (SSSR count). The number of hydrogen-bond donors (Lipinski definition) is 1. The summed E-state index contributed by atoms with van der Waals surface area (Å²) >= 11 is 1.32. The Morgan fingerprint density at radius 3 is 2.75 bits per heavy atom. The zero-order chi connectivity index (χ0) is 14.2. The van der Waals surface area contributed by atoms with Gasteiger partial charge in [-0.25, -0.2) is 0 Å². The molecule has 20 heavy (non-hydrogen) atoms. The van der Waals surface area contributed by atoms with E-state index >= 15 is 0 Å². The van der Waals surface area contributed by atoms with Crippen LogP contribution in [-0.2, 0) is 12.8 Å². The Morgan fingerprint density at radius 1 is 1.05 bits per heavy atom. The molecule has 0 amide bonds. The topological polar surface area (TPSA) is 76.7 Å². The number of nitrogens with one attached hydrogen (secondary N) is 1. The summed E-state index contributed by atoms with van der Waals surface area (Å²) in [5.74, 6) is 1.24. The van der Waals surface area contributed by atoms with Crippen molar-refractivity contribution < 1.29 is 4.42 Å². The summed E-state index contributed by atoms with van der Waals surface area (Å²) in [6, 6.07) is 0. The minimum Gasteiger partial charge on any atom is -0.420 e. The van der Waals surface area contributed by atoms with Crippen LogP contribution >= 0.6 is 11.5 Å². The Labute approximate surface area is 123 Å². The van der Waals surface area contributed by atoms with Gasteiger partial charge in [-0.05, 0) is 43.9 Å². The van der Waals surface area contributed by atoms with E-state index in [9.17, 15) is 0 Å². The fourth-order valence-electron chi connectivity index (χ4n) is 1.88. The Kier molecular flexibility index (Phi) is 6.07. The second-order valence-corrected chi connectivity index (χ2v) is 5.41. The van der Waals surface area contributed by atoms with Crippen LogP contribution in [0.5, 0.6) is 0 Å². The number of nitrogens with zero attached hydrogens (tertiary/aromatic N) is 4. The van der Waals surface area contributed by atoms with Crippen molar-refractivity contribution in [2.45, 2.75) is 46.0 Å². The molecule has 1 N–H and O–H groups in total. The average molecular weight is 295 g/mol. The van der Waals surface area contributed by atoms with Gasteiger partial charge in [0.2, 0.25) is 5.89 Å². The first-order valence-corrected chi connectivity index (χ1v) is 7.97. The van der Waals surface area contributed by atoms with Crippen molar-refractivity contribution in [1.29, 1.82) is 0 Å². The lowest BCUT2D eigenvalue weighted by Crippen LogP contribution is -2.16. The lowest BCUT2D eigenvalue weighted by atomic mass is 10.2. The molecule has 2 heterocycles. The molecule has 0 unspecified atom stereocenters. The highest BCUT2D eigenvalue weighted by molar-refractivity contribution is 7.09. The number of hydrogen-bond acceptors (Lipinski definition) is 7. The summed E-state index contributed by atoms with van der Waals surface area (Å²) in [6.07, 6.45) is 4.89. The number of aryl methyl sites for hydroxylation is 2. The summed E-state index contributed by atoms with van der Waals surface area (Å²) in [5, 5.41) is 15.7. The van der Waals surface area contributed by atoms with Crippen LogP contribution in [0.3, 0.4) is 0 Å². The zero-order valence-corrected chi connectivity index (χ0v) is 12.9. The average Bonchev–Trinajstić information content (AvgIpc) is 3.08. The van der Waals surface area contributed by atoms with Crippen LogP contribution in [0.15, 0.2) is 4.42 Å². The molecule has 0 aliphatic rings. The van der Waals surface area contributed by atoms with Gasteiger partial charge in [-0.1, -0.05) is 24.8 Å². The normalized spacial score (nSPS) is 11.1. The van der Waals surface area contributed by atoms with Gasteiger partial charge in [0.1, 0.15) is 4.88 Å². The van der Waals surface area contributed by atoms with E-state index in [0.717, 1.165) is 55.8 Å². The molecule has 7 heteroatoms. The fraction of sp³-hybridized carbons (Fsp3) is 0.692. The maximum Gasteiger partial charge on any atom is 0.261 e. The molecule has 0 bridgehead atoms. The molecule has 0 saturated carbocycles. The molecule has 0 aromatic carbocycles. The Balaban J connectivity index is 1.89. The Morgan fingerprint density at radius 2 is 1.95 bits per heavy atom. The van der Waals surface area contributed by atoms with E-state index in [4.69, 9.17) is 4.42 Å². The zero-order valence-electron chi connectivity index (χ0n) is 12.1. The van der Waals surface area contributed by atoms with Gasteiger partial charge in [0.05, 0.1) is 5.69 Å². The van der Waals surface area contributed by atoms with Crippen molar-refractivity contribution in [2.75, 3.05) is 13.1 Å². The van der Waals surface area contributed by atoms with E-state index < -0.39 is 0 Å². The quantitative estimate of drug-likeness (QED) is 0.716. The van der Waals surface area contributed by atoms with E-state index in [2.05, 4.69) is 38.9 Å². The highest BCUT2D eigenvalue weighted by atomic mass is 32.1. The molecule has 6 nitrogen and oxygen atoms in total. The first-order chi connectivity index (χ1) is 9.85. The van der Waals surface area contributed by atoms with Gasteiger partial charge >= 0.3 is 0 Å². The van der Waals surface area contributed by atoms with Crippen LogP contribution in [-0.4, -0.2) is 32.9 Å². The molecular weight excluding hydrogens is 274 g/mol. The molecule has 0 spiro atoms. The molecule has 2 aromatic heterocycles. The third kappa shape index (κ3) is 4.08. The van der Waals surface area contributed by atoms with Crippen molar-refractivity contribution in [2.24, 2.45) is 0 Å². The highest BCUT2D eigenvalue weighted by Crippen LogP contribution is 2.25. The van der Waals surface area contributed by atoms with Crippen molar-refractivity contribution in [1.82, 2.24) is 25.1 Å². The molecule has 0 saturated heterocycles. The van der Waals surface area contributed by atoms with Crippen molar-refractivity contribution in [3.63, 3.8) is 0 Å². The van der Waals surface area contributed by atoms with Crippen LogP contribution in [0.4, 0.5) is 0 Å². The molecule has 0 aliphatic heterocycles. The summed E-state index contributed by atoms with van der Waals surface area (Å²) in [4.78, 5) is 0.912. The lowest BCUT2D eigenvalue weighted by molar-refractivity contribution is 0.491. The fourth-order valence-corrected chi connectivity index (χ4v) is 2.51. The van der Waals surface area contributed by atoms with Gasteiger partial charge in [0.25, 0.3) is 5.89 Å². The van der Waals surface area contributed by atoms with Gasteiger partial charge in [-0.15, -0.1) is 15.3 Å². The van der Waals surface area contributed by atoms with Crippen LogP contribution in [0.2, 0.25) is 0 Å². The summed E-state index contributed by atoms with van der Waals surface area (Å²) in [6.45, 7) is 6.32. The standard InChI is InChI=1S/C13H21N5OS/c1-3-6-10-12(20-18-15-10)13-17-16-11(19-13)7-5-9-14-8-4-2/h14H,3-9H2,1-2H3. The number of aromatic nitrogens is 4. The molecule has 110 valence electrons.